The van der Waals surface area contributed by atoms with Gasteiger partial charge in [-0.15, -0.1) is 0 Å². The summed E-state index contributed by atoms with van der Waals surface area (Å²) >= 11 is 0. The zero-order valence-corrected chi connectivity index (χ0v) is 10.6. The van der Waals surface area contributed by atoms with Crippen LogP contribution in [0, 0.1) is 0 Å². The zero-order chi connectivity index (χ0) is 12.7. The fourth-order valence-electron chi connectivity index (χ4n) is 1.48. The molecule has 0 atom stereocenters. The van der Waals surface area contributed by atoms with Crippen LogP contribution in [0.15, 0.2) is 18.2 Å². The van der Waals surface area contributed by atoms with Crippen molar-refractivity contribution in [2.24, 2.45) is 0 Å². The lowest BCUT2D eigenvalue weighted by Crippen LogP contribution is -2.22. The summed E-state index contributed by atoms with van der Waals surface area (Å²) in [5.74, 6) is 1.52. The predicted octanol–water partition coefficient (Wildman–Crippen LogP) is 2.12. The van der Waals surface area contributed by atoms with Crippen molar-refractivity contribution in [2.45, 2.75) is 26.3 Å². The Bertz CT molecular complexity index is 355. The van der Waals surface area contributed by atoms with Crippen molar-refractivity contribution in [1.29, 1.82) is 0 Å². The van der Waals surface area contributed by atoms with Gasteiger partial charge in [0.25, 0.3) is 0 Å². The Kier molecular flexibility index (Phi) is 5.33. The molecule has 1 aromatic carbocycles. The van der Waals surface area contributed by atoms with E-state index in [1.54, 1.807) is 20.3 Å². The van der Waals surface area contributed by atoms with Crippen LogP contribution in [0.4, 0.5) is 0 Å². The first-order valence-corrected chi connectivity index (χ1v) is 5.68. The van der Waals surface area contributed by atoms with Gasteiger partial charge in [-0.1, -0.05) is 6.92 Å². The van der Waals surface area contributed by atoms with E-state index in [1.807, 2.05) is 19.1 Å². The van der Waals surface area contributed by atoms with Crippen molar-refractivity contribution >= 4 is 5.91 Å². The zero-order valence-electron chi connectivity index (χ0n) is 10.6. The molecule has 4 nitrogen and oxygen atoms in total. The van der Waals surface area contributed by atoms with Crippen molar-refractivity contribution < 1.29 is 14.3 Å². The minimum atomic E-state index is 0.0642. The molecule has 0 unspecified atom stereocenters. The minimum absolute atomic E-state index is 0.0642. The lowest BCUT2D eigenvalue weighted by Gasteiger charge is -2.09. The van der Waals surface area contributed by atoms with Gasteiger partial charge in [-0.25, -0.2) is 0 Å². The van der Waals surface area contributed by atoms with Crippen LogP contribution in [0.5, 0.6) is 11.5 Å². The van der Waals surface area contributed by atoms with Crippen LogP contribution >= 0.6 is 0 Å². The largest absolute Gasteiger partial charge is 0.497 e. The Morgan fingerprint density at radius 3 is 2.24 bits per heavy atom. The molecule has 0 spiro atoms. The summed E-state index contributed by atoms with van der Waals surface area (Å²) in [4.78, 5) is 11.4. The number of rotatable bonds is 6. The highest BCUT2D eigenvalue weighted by Crippen LogP contribution is 2.22. The number of carbonyl (C=O) groups excluding carboxylic acids is 1. The Labute approximate surface area is 102 Å². The van der Waals surface area contributed by atoms with E-state index in [4.69, 9.17) is 9.47 Å². The summed E-state index contributed by atoms with van der Waals surface area (Å²) in [5.41, 5.74) is 0.964. The van der Waals surface area contributed by atoms with Crippen LogP contribution in [0.3, 0.4) is 0 Å². The molecule has 0 bridgehead atoms. The lowest BCUT2D eigenvalue weighted by atomic mass is 10.2. The van der Waals surface area contributed by atoms with Crippen molar-refractivity contribution in [1.82, 2.24) is 5.32 Å². The molecule has 0 aliphatic heterocycles. The molecule has 1 amide bonds. The van der Waals surface area contributed by atoms with Crippen LogP contribution in [-0.2, 0) is 11.3 Å². The highest BCUT2D eigenvalue weighted by Gasteiger charge is 2.03. The average molecular weight is 237 g/mol. The average Bonchev–Trinajstić information content (AvgIpc) is 2.36. The normalized spacial score (nSPS) is 9.82. The first kappa shape index (κ1) is 13.4. The van der Waals surface area contributed by atoms with Gasteiger partial charge >= 0.3 is 0 Å². The molecule has 0 heterocycles. The second kappa shape index (κ2) is 6.78. The second-order valence-corrected chi connectivity index (χ2v) is 3.75. The molecule has 0 saturated heterocycles. The van der Waals surface area contributed by atoms with Crippen LogP contribution < -0.4 is 14.8 Å². The number of nitrogens with one attached hydrogen (secondary N) is 1. The van der Waals surface area contributed by atoms with Gasteiger partial charge in [0.15, 0.2) is 0 Å². The fourth-order valence-corrected chi connectivity index (χ4v) is 1.48. The first-order valence-electron chi connectivity index (χ1n) is 5.68. The van der Waals surface area contributed by atoms with Crippen LogP contribution in [0.1, 0.15) is 25.3 Å². The number of benzene rings is 1. The van der Waals surface area contributed by atoms with E-state index in [-0.39, 0.29) is 5.91 Å². The number of ether oxygens (including phenoxy) is 2. The molecular formula is C13H19NO3. The van der Waals surface area contributed by atoms with E-state index in [0.717, 1.165) is 23.5 Å². The SMILES string of the molecule is CCCC(=O)NCc1cc(OC)cc(OC)c1. The molecule has 0 radical (unpaired) electrons. The molecule has 17 heavy (non-hydrogen) atoms. The third kappa shape index (κ3) is 4.34. The summed E-state index contributed by atoms with van der Waals surface area (Å²) in [5, 5.41) is 2.85. The van der Waals surface area contributed by atoms with E-state index in [0.29, 0.717) is 13.0 Å². The van der Waals surface area contributed by atoms with Gasteiger partial charge in [-0.05, 0) is 24.1 Å². The first-order chi connectivity index (χ1) is 8.19. The second-order valence-electron chi connectivity index (χ2n) is 3.75. The number of methoxy groups -OCH3 is 2. The molecule has 0 aromatic heterocycles. The molecule has 1 aromatic rings. The maximum Gasteiger partial charge on any atom is 0.220 e. The Balaban J connectivity index is 2.66. The van der Waals surface area contributed by atoms with Gasteiger partial charge in [-0.2, -0.15) is 0 Å². The van der Waals surface area contributed by atoms with Gasteiger partial charge in [0, 0.05) is 19.0 Å². The number of amides is 1. The highest BCUT2D eigenvalue weighted by atomic mass is 16.5. The van der Waals surface area contributed by atoms with Gasteiger partial charge in [0.1, 0.15) is 11.5 Å². The van der Waals surface area contributed by atoms with Gasteiger partial charge < -0.3 is 14.8 Å². The Hall–Kier alpha value is -1.71. The minimum Gasteiger partial charge on any atom is -0.497 e. The molecule has 0 aliphatic carbocycles. The number of carbonyl (C=O) groups is 1. The third-order valence-electron chi connectivity index (χ3n) is 2.38. The fraction of sp³-hybridized carbons (Fsp3) is 0.462. The van der Waals surface area contributed by atoms with Crippen molar-refractivity contribution in [3.63, 3.8) is 0 Å². The third-order valence-corrected chi connectivity index (χ3v) is 2.38. The number of hydrogen-bond acceptors (Lipinski definition) is 3. The summed E-state index contributed by atoms with van der Waals surface area (Å²) in [6.07, 6.45) is 1.41. The van der Waals surface area contributed by atoms with Gasteiger partial charge in [-0.3, -0.25) is 4.79 Å². The molecule has 94 valence electrons. The predicted molar refractivity (Wildman–Crippen MR) is 66.3 cm³/mol. The monoisotopic (exact) mass is 237 g/mol. The van der Waals surface area contributed by atoms with Crippen LogP contribution in [-0.4, -0.2) is 20.1 Å². The topological polar surface area (TPSA) is 47.6 Å². The van der Waals surface area contributed by atoms with Crippen LogP contribution in [0.25, 0.3) is 0 Å². The smallest absolute Gasteiger partial charge is 0.220 e. The van der Waals surface area contributed by atoms with Crippen LogP contribution in [0.2, 0.25) is 0 Å². The van der Waals surface area contributed by atoms with Crippen molar-refractivity contribution in [3.8, 4) is 11.5 Å². The van der Waals surface area contributed by atoms with Gasteiger partial charge in [0.2, 0.25) is 5.91 Å². The maximum atomic E-state index is 11.4. The van der Waals surface area contributed by atoms with Crippen molar-refractivity contribution in [2.75, 3.05) is 14.2 Å². The molecular weight excluding hydrogens is 218 g/mol. The van der Waals surface area contributed by atoms with Crippen molar-refractivity contribution in [3.05, 3.63) is 23.8 Å². The Morgan fingerprint density at radius 2 is 1.76 bits per heavy atom. The summed E-state index contributed by atoms with van der Waals surface area (Å²) in [7, 11) is 3.21. The van der Waals surface area contributed by atoms with E-state index in [2.05, 4.69) is 5.32 Å². The molecule has 1 N–H and O–H groups in total. The Morgan fingerprint density at radius 1 is 1.18 bits per heavy atom. The van der Waals surface area contributed by atoms with E-state index in [1.165, 1.54) is 0 Å². The summed E-state index contributed by atoms with van der Waals surface area (Å²) in [6, 6.07) is 5.57. The summed E-state index contributed by atoms with van der Waals surface area (Å²) in [6.45, 7) is 2.47. The molecule has 0 aliphatic rings. The molecule has 4 heteroatoms. The number of hydrogen-bond donors (Lipinski definition) is 1. The summed E-state index contributed by atoms with van der Waals surface area (Å²) < 4.78 is 10.3. The molecule has 0 saturated carbocycles. The standard InChI is InChI=1S/C13H19NO3/c1-4-5-13(15)14-9-10-6-11(16-2)8-12(7-10)17-3/h6-8H,4-5,9H2,1-3H3,(H,14,15). The van der Waals surface area contributed by atoms with E-state index >= 15 is 0 Å². The molecule has 1 rings (SSSR count). The van der Waals surface area contributed by atoms with E-state index in [9.17, 15) is 4.79 Å². The lowest BCUT2D eigenvalue weighted by molar-refractivity contribution is -0.121. The maximum absolute atomic E-state index is 11.4. The van der Waals surface area contributed by atoms with Gasteiger partial charge in [0.05, 0.1) is 14.2 Å². The van der Waals surface area contributed by atoms with E-state index < -0.39 is 0 Å². The molecule has 0 fully saturated rings. The highest BCUT2D eigenvalue weighted by molar-refractivity contribution is 5.75. The quantitative estimate of drug-likeness (QED) is 0.824.